The van der Waals surface area contributed by atoms with Gasteiger partial charge in [-0.15, -0.1) is 0 Å². The van der Waals surface area contributed by atoms with Crippen molar-refractivity contribution < 1.29 is 23.8 Å². The van der Waals surface area contributed by atoms with Crippen molar-refractivity contribution >= 4 is 33.8 Å². The molecule has 0 saturated carbocycles. The van der Waals surface area contributed by atoms with Gasteiger partial charge in [0, 0.05) is 10.5 Å². The van der Waals surface area contributed by atoms with E-state index in [0.29, 0.717) is 46.1 Å². The van der Waals surface area contributed by atoms with E-state index >= 15 is 0 Å². The van der Waals surface area contributed by atoms with Crippen LogP contribution in [0.5, 0.6) is 17.2 Å². The number of hydrogen-bond acceptors (Lipinski definition) is 5. The number of hydrazine groups is 1. The molecule has 1 heterocycles. The molecule has 0 aromatic heterocycles. The Morgan fingerprint density at radius 1 is 1.15 bits per heavy atom. The molecule has 7 nitrogen and oxygen atoms in total. The largest absolute Gasteiger partial charge is 0.493 e. The number of carbonyl (C=O) groups excluding carboxylic acids is 2. The van der Waals surface area contributed by atoms with Gasteiger partial charge in [0.15, 0.2) is 11.5 Å². The van der Waals surface area contributed by atoms with Gasteiger partial charge in [0.05, 0.1) is 12.7 Å². The number of rotatable bonds is 4. The maximum absolute atomic E-state index is 12.1. The molecule has 0 spiro atoms. The molecular formula is C19H17BrN2O5. The van der Waals surface area contributed by atoms with Gasteiger partial charge in [0.25, 0.3) is 11.8 Å². The first kappa shape index (κ1) is 18.8. The average Bonchev–Trinajstić information content (AvgIpc) is 2.70. The van der Waals surface area contributed by atoms with Crippen molar-refractivity contribution in [2.24, 2.45) is 0 Å². The molecule has 0 saturated heterocycles. The molecule has 2 aromatic rings. The molecule has 0 fully saturated rings. The number of halogens is 1. The molecule has 2 aromatic carbocycles. The molecule has 0 unspecified atom stereocenters. The fraction of sp³-hybridized carbons (Fsp3) is 0.158. The van der Waals surface area contributed by atoms with Crippen molar-refractivity contribution in [3.8, 4) is 17.2 Å². The highest BCUT2D eigenvalue weighted by molar-refractivity contribution is 9.10. The fourth-order valence-electron chi connectivity index (χ4n) is 2.43. The van der Waals surface area contributed by atoms with Gasteiger partial charge in [-0.2, -0.15) is 0 Å². The Hall–Kier alpha value is -3.00. The lowest BCUT2D eigenvalue weighted by molar-refractivity contribution is -0.117. The first-order valence-electron chi connectivity index (χ1n) is 8.09. The fourth-order valence-corrected chi connectivity index (χ4v) is 2.90. The van der Waals surface area contributed by atoms with E-state index in [1.165, 1.54) is 13.2 Å². The topological polar surface area (TPSA) is 85.9 Å². The van der Waals surface area contributed by atoms with E-state index < -0.39 is 11.8 Å². The number of ether oxygens (including phenoxy) is 3. The summed E-state index contributed by atoms with van der Waals surface area (Å²) in [5.74, 6) is 0.720. The summed E-state index contributed by atoms with van der Waals surface area (Å²) < 4.78 is 17.0. The number of hydrogen-bond donors (Lipinski definition) is 2. The normalized spacial score (nSPS) is 12.5. The van der Waals surface area contributed by atoms with Gasteiger partial charge < -0.3 is 14.2 Å². The monoisotopic (exact) mass is 432 g/mol. The summed E-state index contributed by atoms with van der Waals surface area (Å²) >= 11 is 3.29. The Kier molecular flexibility index (Phi) is 5.97. The zero-order chi connectivity index (χ0) is 19.2. The average molecular weight is 433 g/mol. The van der Waals surface area contributed by atoms with Gasteiger partial charge in [0.1, 0.15) is 13.2 Å². The Morgan fingerprint density at radius 3 is 2.70 bits per heavy atom. The Morgan fingerprint density at radius 2 is 1.93 bits per heavy atom. The molecule has 140 valence electrons. The number of benzene rings is 2. The number of carbonyl (C=O) groups is 2. The summed E-state index contributed by atoms with van der Waals surface area (Å²) in [7, 11) is 1.53. The van der Waals surface area contributed by atoms with E-state index in [-0.39, 0.29) is 0 Å². The second kappa shape index (κ2) is 8.59. The third-order valence-electron chi connectivity index (χ3n) is 3.70. The van der Waals surface area contributed by atoms with Crippen molar-refractivity contribution in [1.82, 2.24) is 10.9 Å². The molecule has 2 N–H and O–H groups in total. The second-order valence-electron chi connectivity index (χ2n) is 5.50. The van der Waals surface area contributed by atoms with Crippen LogP contribution in [0, 0.1) is 0 Å². The van der Waals surface area contributed by atoms with Gasteiger partial charge in [-0.1, -0.05) is 12.1 Å². The van der Waals surface area contributed by atoms with E-state index in [9.17, 15) is 9.59 Å². The molecule has 0 aliphatic carbocycles. The van der Waals surface area contributed by atoms with E-state index in [1.54, 1.807) is 42.5 Å². The summed E-state index contributed by atoms with van der Waals surface area (Å²) in [5, 5.41) is 0. The van der Waals surface area contributed by atoms with Crippen LogP contribution in [0.1, 0.15) is 15.9 Å². The summed E-state index contributed by atoms with van der Waals surface area (Å²) in [4.78, 5) is 24.0. The van der Waals surface area contributed by atoms with Crippen LogP contribution in [-0.4, -0.2) is 32.1 Å². The Bertz CT molecular complexity index is 880. The Balaban J connectivity index is 1.63. The van der Waals surface area contributed by atoms with Crippen LogP contribution >= 0.6 is 15.9 Å². The quantitative estimate of drug-likeness (QED) is 0.572. The highest BCUT2D eigenvalue weighted by Gasteiger charge is 2.17. The molecule has 0 atom stereocenters. The SMILES string of the molecule is COc1cc(/C=C/C(=O)NNC(=O)c2ccccc2Br)cc2c1OCCO2. The lowest BCUT2D eigenvalue weighted by Crippen LogP contribution is -2.40. The number of fused-ring (bicyclic) bond motifs is 1. The first-order chi connectivity index (χ1) is 13.1. The van der Waals surface area contributed by atoms with Crippen LogP contribution in [0.4, 0.5) is 0 Å². The minimum atomic E-state index is -0.482. The van der Waals surface area contributed by atoms with E-state index in [0.717, 1.165) is 0 Å². The van der Waals surface area contributed by atoms with Crippen molar-refractivity contribution in [3.63, 3.8) is 0 Å². The van der Waals surface area contributed by atoms with Gasteiger partial charge >= 0.3 is 0 Å². The van der Waals surface area contributed by atoms with Crippen LogP contribution in [0.25, 0.3) is 6.08 Å². The molecule has 1 aliphatic rings. The van der Waals surface area contributed by atoms with E-state index in [4.69, 9.17) is 14.2 Å². The van der Waals surface area contributed by atoms with Crippen molar-refractivity contribution in [2.75, 3.05) is 20.3 Å². The second-order valence-corrected chi connectivity index (χ2v) is 6.36. The summed E-state index contributed by atoms with van der Waals surface area (Å²) in [6.07, 6.45) is 2.88. The van der Waals surface area contributed by atoms with Crippen LogP contribution < -0.4 is 25.1 Å². The molecular weight excluding hydrogens is 416 g/mol. The van der Waals surface area contributed by atoms with Crippen LogP contribution in [0.3, 0.4) is 0 Å². The summed E-state index contributed by atoms with van der Waals surface area (Å²) in [6, 6.07) is 10.4. The molecule has 0 radical (unpaired) electrons. The van der Waals surface area contributed by atoms with Crippen LogP contribution in [-0.2, 0) is 4.79 Å². The van der Waals surface area contributed by atoms with Crippen molar-refractivity contribution in [2.45, 2.75) is 0 Å². The third-order valence-corrected chi connectivity index (χ3v) is 4.39. The summed E-state index contributed by atoms with van der Waals surface area (Å²) in [5.41, 5.74) is 5.81. The Labute approximate surface area is 164 Å². The minimum Gasteiger partial charge on any atom is -0.493 e. The zero-order valence-electron chi connectivity index (χ0n) is 14.5. The van der Waals surface area contributed by atoms with Crippen LogP contribution in [0.2, 0.25) is 0 Å². The number of nitrogens with one attached hydrogen (secondary N) is 2. The number of methoxy groups -OCH3 is 1. The maximum atomic E-state index is 12.1. The predicted octanol–water partition coefficient (Wildman–Crippen LogP) is 2.70. The zero-order valence-corrected chi connectivity index (χ0v) is 16.0. The van der Waals surface area contributed by atoms with Gasteiger partial charge in [-0.05, 0) is 51.8 Å². The van der Waals surface area contributed by atoms with Gasteiger partial charge in [-0.25, -0.2) is 0 Å². The smallest absolute Gasteiger partial charge is 0.270 e. The maximum Gasteiger partial charge on any atom is 0.270 e. The van der Waals surface area contributed by atoms with Gasteiger partial charge in [0.2, 0.25) is 5.75 Å². The molecule has 8 heteroatoms. The molecule has 27 heavy (non-hydrogen) atoms. The highest BCUT2D eigenvalue weighted by atomic mass is 79.9. The van der Waals surface area contributed by atoms with E-state index in [1.807, 2.05) is 0 Å². The minimum absolute atomic E-state index is 0.415. The highest BCUT2D eigenvalue weighted by Crippen LogP contribution is 2.40. The first-order valence-corrected chi connectivity index (χ1v) is 8.88. The van der Waals surface area contributed by atoms with E-state index in [2.05, 4.69) is 26.8 Å². The third kappa shape index (κ3) is 4.59. The van der Waals surface area contributed by atoms with Crippen molar-refractivity contribution in [3.05, 3.63) is 58.1 Å². The lowest BCUT2D eigenvalue weighted by Gasteiger charge is -2.20. The molecule has 3 rings (SSSR count). The lowest BCUT2D eigenvalue weighted by atomic mass is 10.1. The standard InChI is InChI=1S/C19H17BrN2O5/c1-25-15-10-12(11-16-18(15)27-9-8-26-16)6-7-17(23)21-22-19(24)13-4-2-3-5-14(13)20/h2-7,10-11H,8-9H2,1H3,(H,21,23)(H,22,24)/b7-6+. The molecule has 1 aliphatic heterocycles. The molecule has 0 bridgehead atoms. The number of amides is 2. The van der Waals surface area contributed by atoms with Gasteiger partial charge in [-0.3, -0.25) is 20.4 Å². The van der Waals surface area contributed by atoms with Crippen LogP contribution in [0.15, 0.2) is 46.9 Å². The predicted molar refractivity (Wildman–Crippen MR) is 103 cm³/mol. The van der Waals surface area contributed by atoms with Crippen molar-refractivity contribution in [1.29, 1.82) is 0 Å². The molecule has 2 amide bonds. The summed E-state index contributed by atoms with van der Waals surface area (Å²) in [6.45, 7) is 0.906.